The van der Waals surface area contributed by atoms with Gasteiger partial charge in [0.15, 0.2) is 0 Å². The summed E-state index contributed by atoms with van der Waals surface area (Å²) in [5.74, 6) is 0. The van der Waals surface area contributed by atoms with Crippen LogP contribution < -0.4 is 0 Å². The van der Waals surface area contributed by atoms with E-state index in [0.29, 0.717) is 5.56 Å². The number of thiol groups is 1. The molecule has 1 rings (SSSR count). The van der Waals surface area contributed by atoms with E-state index in [4.69, 9.17) is 5.26 Å². The summed E-state index contributed by atoms with van der Waals surface area (Å²) >= 11 is 6.40. The highest BCUT2D eigenvalue weighted by Crippen LogP contribution is 2.20. The van der Waals surface area contributed by atoms with Crippen molar-refractivity contribution < 1.29 is 0 Å². The van der Waals surface area contributed by atoms with E-state index >= 15 is 0 Å². The van der Waals surface area contributed by atoms with Gasteiger partial charge in [0.1, 0.15) is 6.07 Å². The van der Waals surface area contributed by atoms with Crippen LogP contribution >= 0.6 is 35.2 Å². The topological polar surface area (TPSA) is 23.8 Å². The molecular formula is C8H6INS. The Morgan fingerprint density at radius 1 is 1.55 bits per heavy atom. The largest absolute Gasteiger partial charge is 0.192 e. The van der Waals surface area contributed by atoms with Crippen LogP contribution in [0.3, 0.4) is 0 Å². The van der Waals surface area contributed by atoms with Crippen molar-refractivity contribution in [2.45, 2.75) is 11.8 Å². The molecule has 56 valence electrons. The second-order valence-corrected chi connectivity index (χ2v) is 3.96. The molecule has 1 nitrogen and oxygen atoms in total. The lowest BCUT2D eigenvalue weighted by Crippen LogP contribution is -1.85. The first-order valence-electron chi connectivity index (χ1n) is 3.04. The Morgan fingerprint density at radius 3 is 2.64 bits per heavy atom. The standard InChI is InChI=1S/C8H6INS/c1-5-2-6(9)3-8(11)7(5)4-10/h2-3,11H,1H3. The Kier molecular flexibility index (Phi) is 2.79. The van der Waals surface area contributed by atoms with Crippen LogP contribution in [0, 0.1) is 21.8 Å². The molecule has 0 spiro atoms. The molecule has 0 aromatic heterocycles. The van der Waals surface area contributed by atoms with Crippen molar-refractivity contribution in [3.8, 4) is 6.07 Å². The van der Waals surface area contributed by atoms with Gasteiger partial charge < -0.3 is 0 Å². The monoisotopic (exact) mass is 275 g/mol. The molecular weight excluding hydrogens is 269 g/mol. The van der Waals surface area contributed by atoms with Crippen LogP contribution in [0.1, 0.15) is 11.1 Å². The Hall–Kier alpha value is -0.210. The molecule has 0 amide bonds. The molecule has 0 radical (unpaired) electrons. The molecule has 0 heterocycles. The van der Waals surface area contributed by atoms with Crippen molar-refractivity contribution in [1.29, 1.82) is 5.26 Å². The molecule has 0 unspecified atom stereocenters. The van der Waals surface area contributed by atoms with Gasteiger partial charge in [0.2, 0.25) is 0 Å². The minimum atomic E-state index is 0.675. The maximum Gasteiger partial charge on any atom is 0.101 e. The first-order valence-corrected chi connectivity index (χ1v) is 4.57. The molecule has 0 bridgehead atoms. The molecule has 0 saturated heterocycles. The van der Waals surface area contributed by atoms with Crippen molar-refractivity contribution in [1.82, 2.24) is 0 Å². The quantitative estimate of drug-likeness (QED) is 0.571. The number of hydrogen-bond acceptors (Lipinski definition) is 2. The van der Waals surface area contributed by atoms with E-state index in [2.05, 4.69) is 41.3 Å². The maximum atomic E-state index is 8.69. The zero-order valence-corrected chi connectivity index (χ0v) is 8.98. The number of nitriles is 1. The summed E-state index contributed by atoms with van der Waals surface area (Å²) in [6.07, 6.45) is 0. The number of halogens is 1. The van der Waals surface area contributed by atoms with Gasteiger partial charge in [-0.15, -0.1) is 12.6 Å². The highest BCUT2D eigenvalue weighted by molar-refractivity contribution is 14.1. The predicted octanol–water partition coefficient (Wildman–Crippen LogP) is 2.76. The average Bonchev–Trinajstić information content (AvgIpc) is 1.85. The fourth-order valence-electron chi connectivity index (χ4n) is 0.871. The Balaban J connectivity index is 3.40. The lowest BCUT2D eigenvalue weighted by atomic mass is 10.1. The van der Waals surface area contributed by atoms with Crippen LogP contribution in [0.15, 0.2) is 17.0 Å². The molecule has 0 aliphatic carbocycles. The third-order valence-corrected chi connectivity index (χ3v) is 2.37. The van der Waals surface area contributed by atoms with Gasteiger partial charge in [0.25, 0.3) is 0 Å². The van der Waals surface area contributed by atoms with Crippen LogP contribution in [-0.2, 0) is 0 Å². The van der Waals surface area contributed by atoms with E-state index in [1.807, 2.05) is 19.1 Å². The zero-order valence-electron chi connectivity index (χ0n) is 5.93. The second-order valence-electron chi connectivity index (χ2n) is 2.23. The van der Waals surface area contributed by atoms with Crippen LogP contribution in [0.25, 0.3) is 0 Å². The average molecular weight is 275 g/mol. The van der Waals surface area contributed by atoms with Crippen LogP contribution in [-0.4, -0.2) is 0 Å². The van der Waals surface area contributed by atoms with Crippen molar-refractivity contribution in [3.63, 3.8) is 0 Å². The first-order chi connectivity index (χ1) is 5.15. The SMILES string of the molecule is Cc1cc(I)cc(S)c1C#N. The summed E-state index contributed by atoms with van der Waals surface area (Å²) in [7, 11) is 0. The van der Waals surface area contributed by atoms with E-state index in [9.17, 15) is 0 Å². The first kappa shape index (κ1) is 8.88. The van der Waals surface area contributed by atoms with Gasteiger partial charge in [0, 0.05) is 8.47 Å². The van der Waals surface area contributed by atoms with E-state index in [1.54, 1.807) is 0 Å². The van der Waals surface area contributed by atoms with Gasteiger partial charge in [0.05, 0.1) is 5.56 Å². The summed E-state index contributed by atoms with van der Waals surface area (Å²) < 4.78 is 1.11. The van der Waals surface area contributed by atoms with Gasteiger partial charge in [-0.05, 0) is 47.2 Å². The molecule has 1 aromatic carbocycles. The molecule has 11 heavy (non-hydrogen) atoms. The molecule has 0 aliphatic heterocycles. The summed E-state index contributed by atoms with van der Waals surface area (Å²) in [6, 6.07) is 5.97. The molecule has 0 fully saturated rings. The van der Waals surface area contributed by atoms with Crippen molar-refractivity contribution in [2.24, 2.45) is 0 Å². The van der Waals surface area contributed by atoms with Crippen molar-refractivity contribution >= 4 is 35.2 Å². The number of benzene rings is 1. The second kappa shape index (κ2) is 3.46. The fourth-order valence-corrected chi connectivity index (χ4v) is 2.26. The van der Waals surface area contributed by atoms with E-state index in [1.165, 1.54) is 0 Å². The van der Waals surface area contributed by atoms with E-state index in [-0.39, 0.29) is 0 Å². The third kappa shape index (κ3) is 1.88. The molecule has 0 saturated carbocycles. The van der Waals surface area contributed by atoms with E-state index in [0.717, 1.165) is 14.0 Å². The number of hydrogen-bond donors (Lipinski definition) is 1. The van der Waals surface area contributed by atoms with Gasteiger partial charge in [-0.2, -0.15) is 5.26 Å². The van der Waals surface area contributed by atoms with Crippen LogP contribution in [0.4, 0.5) is 0 Å². The van der Waals surface area contributed by atoms with Crippen LogP contribution in [0.2, 0.25) is 0 Å². The molecule has 3 heteroatoms. The smallest absolute Gasteiger partial charge is 0.101 e. The number of nitrogens with zero attached hydrogens (tertiary/aromatic N) is 1. The summed E-state index contributed by atoms with van der Waals surface area (Å²) in [4.78, 5) is 0.761. The summed E-state index contributed by atoms with van der Waals surface area (Å²) in [5, 5.41) is 8.69. The zero-order chi connectivity index (χ0) is 8.43. The van der Waals surface area contributed by atoms with Crippen molar-refractivity contribution in [2.75, 3.05) is 0 Å². The lowest BCUT2D eigenvalue weighted by molar-refractivity contribution is 1.28. The lowest BCUT2D eigenvalue weighted by Gasteiger charge is -2.00. The van der Waals surface area contributed by atoms with Gasteiger partial charge in [-0.1, -0.05) is 0 Å². The number of aryl methyl sites for hydroxylation is 1. The molecule has 0 N–H and O–H groups in total. The van der Waals surface area contributed by atoms with E-state index < -0.39 is 0 Å². The minimum Gasteiger partial charge on any atom is -0.192 e. The minimum absolute atomic E-state index is 0.675. The molecule has 0 aliphatic rings. The highest BCUT2D eigenvalue weighted by Gasteiger charge is 2.02. The molecule has 0 atom stereocenters. The van der Waals surface area contributed by atoms with Crippen LogP contribution in [0.5, 0.6) is 0 Å². The Labute approximate surface area is 85.0 Å². The van der Waals surface area contributed by atoms with Gasteiger partial charge >= 0.3 is 0 Å². The Morgan fingerprint density at radius 2 is 2.18 bits per heavy atom. The highest BCUT2D eigenvalue weighted by atomic mass is 127. The molecule has 1 aromatic rings. The third-order valence-electron chi connectivity index (χ3n) is 1.39. The predicted molar refractivity (Wildman–Crippen MR) is 55.9 cm³/mol. The Bertz CT molecular complexity index is 304. The summed E-state index contributed by atoms with van der Waals surface area (Å²) in [5.41, 5.74) is 1.66. The number of rotatable bonds is 0. The fraction of sp³-hybridized carbons (Fsp3) is 0.125. The van der Waals surface area contributed by atoms with Gasteiger partial charge in [-0.25, -0.2) is 0 Å². The van der Waals surface area contributed by atoms with Gasteiger partial charge in [-0.3, -0.25) is 0 Å². The maximum absolute atomic E-state index is 8.69. The normalized spacial score (nSPS) is 9.27. The summed E-state index contributed by atoms with van der Waals surface area (Å²) in [6.45, 7) is 1.92. The van der Waals surface area contributed by atoms with Crippen molar-refractivity contribution in [3.05, 3.63) is 26.8 Å².